The summed E-state index contributed by atoms with van der Waals surface area (Å²) in [6.07, 6.45) is 10.8. The van der Waals surface area contributed by atoms with Crippen LogP contribution in [0.25, 0.3) is 5.69 Å². The van der Waals surface area contributed by atoms with Crippen LogP contribution in [-0.2, 0) is 6.42 Å². The summed E-state index contributed by atoms with van der Waals surface area (Å²) in [5.41, 5.74) is 3.53. The second kappa shape index (κ2) is 6.05. The van der Waals surface area contributed by atoms with Crippen LogP contribution in [-0.4, -0.2) is 53.3 Å². The number of hydrogen-bond acceptors (Lipinski definition) is 5. The van der Waals surface area contributed by atoms with Crippen LogP contribution < -0.4 is 0 Å². The quantitative estimate of drug-likeness (QED) is 0.760. The van der Waals surface area contributed by atoms with Crippen molar-refractivity contribution in [2.75, 3.05) is 6.54 Å². The number of carbonyl (C=O) groups is 1. The van der Waals surface area contributed by atoms with Crippen LogP contribution in [0.3, 0.4) is 0 Å². The molecule has 0 aromatic carbocycles. The Morgan fingerprint density at radius 2 is 2.27 bits per heavy atom. The van der Waals surface area contributed by atoms with E-state index in [-0.39, 0.29) is 11.9 Å². The van der Waals surface area contributed by atoms with Gasteiger partial charge in [0.1, 0.15) is 0 Å². The lowest BCUT2D eigenvalue weighted by molar-refractivity contribution is 0.0536. The summed E-state index contributed by atoms with van der Waals surface area (Å²) in [5, 5.41) is 8.21. The molecule has 1 fully saturated rings. The Balaban J connectivity index is 1.41. The van der Waals surface area contributed by atoms with Crippen LogP contribution in [0.5, 0.6) is 0 Å². The fourth-order valence-corrected chi connectivity index (χ4v) is 4.25. The zero-order chi connectivity index (χ0) is 17.5. The van der Waals surface area contributed by atoms with Crippen molar-refractivity contribution in [2.45, 2.75) is 37.6 Å². The first-order chi connectivity index (χ1) is 12.8. The Kier molecular flexibility index (Phi) is 3.55. The molecule has 26 heavy (non-hydrogen) atoms. The van der Waals surface area contributed by atoms with E-state index in [1.54, 1.807) is 29.6 Å². The molecule has 1 aliphatic heterocycles. The van der Waals surface area contributed by atoms with Gasteiger partial charge in [0.05, 0.1) is 30.1 Å². The average Bonchev–Trinajstić information content (AvgIpc) is 3.37. The lowest BCUT2D eigenvalue weighted by Crippen LogP contribution is -2.49. The molecule has 8 nitrogen and oxygen atoms in total. The number of fused-ring (bicyclic) bond motifs is 3. The van der Waals surface area contributed by atoms with Gasteiger partial charge >= 0.3 is 0 Å². The van der Waals surface area contributed by atoms with Crippen LogP contribution in [0.2, 0.25) is 0 Å². The van der Waals surface area contributed by atoms with Crippen LogP contribution in [0, 0.1) is 0 Å². The summed E-state index contributed by atoms with van der Waals surface area (Å²) in [7, 11) is 0. The maximum absolute atomic E-state index is 13.1. The van der Waals surface area contributed by atoms with Crippen molar-refractivity contribution in [2.24, 2.45) is 0 Å². The molecular formula is C18H19N7O. The second-order valence-corrected chi connectivity index (χ2v) is 6.88. The number of aromatic amines is 1. The van der Waals surface area contributed by atoms with Gasteiger partial charge in [-0.2, -0.15) is 0 Å². The van der Waals surface area contributed by atoms with Crippen molar-refractivity contribution >= 4 is 5.91 Å². The van der Waals surface area contributed by atoms with E-state index in [4.69, 9.17) is 0 Å². The SMILES string of the molecule is O=C(c1cn(-c2cccnc2)nn1)N1CCCC2c3nc[nH]c3CCC21. The summed E-state index contributed by atoms with van der Waals surface area (Å²) in [6, 6.07) is 3.90. The predicted molar refractivity (Wildman–Crippen MR) is 92.9 cm³/mol. The van der Waals surface area contributed by atoms with Crippen LogP contribution >= 0.6 is 0 Å². The van der Waals surface area contributed by atoms with Crippen molar-refractivity contribution in [1.82, 2.24) is 34.8 Å². The Morgan fingerprint density at radius 3 is 3.15 bits per heavy atom. The largest absolute Gasteiger partial charge is 0.348 e. The first-order valence-corrected chi connectivity index (χ1v) is 8.97. The topological polar surface area (TPSA) is 92.6 Å². The molecule has 8 heteroatoms. The van der Waals surface area contributed by atoms with Gasteiger partial charge in [0.2, 0.25) is 0 Å². The zero-order valence-electron chi connectivity index (χ0n) is 14.2. The van der Waals surface area contributed by atoms with E-state index >= 15 is 0 Å². The molecule has 4 heterocycles. The third kappa shape index (κ3) is 2.40. The molecule has 2 unspecified atom stereocenters. The Labute approximate surface area is 150 Å². The highest BCUT2D eigenvalue weighted by molar-refractivity contribution is 5.92. The number of imidazole rings is 1. The lowest BCUT2D eigenvalue weighted by Gasteiger charge is -2.43. The number of rotatable bonds is 2. The molecule has 0 saturated carbocycles. The Hall–Kier alpha value is -3.03. The number of nitrogens with one attached hydrogen (secondary N) is 1. The predicted octanol–water partition coefficient (Wildman–Crippen LogP) is 1.72. The number of H-pyrrole nitrogens is 1. The van der Waals surface area contributed by atoms with Crippen molar-refractivity contribution in [3.63, 3.8) is 0 Å². The maximum Gasteiger partial charge on any atom is 0.276 e. The van der Waals surface area contributed by atoms with E-state index in [0.717, 1.165) is 43.6 Å². The van der Waals surface area contributed by atoms with Gasteiger partial charge in [0.25, 0.3) is 5.91 Å². The maximum atomic E-state index is 13.1. The van der Waals surface area contributed by atoms with Crippen molar-refractivity contribution in [3.05, 3.63) is 54.1 Å². The summed E-state index contributed by atoms with van der Waals surface area (Å²) in [6.45, 7) is 0.763. The van der Waals surface area contributed by atoms with E-state index in [9.17, 15) is 4.79 Å². The van der Waals surface area contributed by atoms with Crippen LogP contribution in [0.15, 0.2) is 37.1 Å². The monoisotopic (exact) mass is 349 g/mol. The van der Waals surface area contributed by atoms with Crippen LogP contribution in [0.4, 0.5) is 0 Å². The van der Waals surface area contributed by atoms with Gasteiger partial charge in [-0.3, -0.25) is 9.78 Å². The summed E-state index contributed by atoms with van der Waals surface area (Å²) in [5.74, 6) is 0.268. The first kappa shape index (κ1) is 15.2. The molecule has 3 aromatic rings. The van der Waals surface area contributed by atoms with Crippen molar-refractivity contribution < 1.29 is 4.79 Å². The standard InChI is InChI=1S/C18H19N7O/c26-18(15-10-25(23-22-15)12-3-1-7-19-9-12)24-8-2-4-13-16(24)6-5-14-17(13)21-11-20-14/h1,3,7,9-11,13,16H,2,4-6,8H2,(H,20,21). The minimum absolute atomic E-state index is 0.0474. The molecule has 0 radical (unpaired) electrons. The van der Waals surface area contributed by atoms with E-state index in [0.29, 0.717) is 11.6 Å². The molecular weight excluding hydrogens is 330 g/mol. The molecule has 1 N–H and O–H groups in total. The average molecular weight is 349 g/mol. The highest BCUT2D eigenvalue weighted by Gasteiger charge is 2.40. The normalized spacial score (nSPS) is 21.9. The third-order valence-corrected chi connectivity index (χ3v) is 5.46. The number of aryl methyl sites for hydroxylation is 1. The van der Waals surface area contributed by atoms with Crippen LogP contribution in [0.1, 0.15) is 47.1 Å². The van der Waals surface area contributed by atoms with Gasteiger partial charge in [-0.25, -0.2) is 9.67 Å². The Morgan fingerprint density at radius 1 is 1.31 bits per heavy atom. The summed E-state index contributed by atoms with van der Waals surface area (Å²) in [4.78, 5) is 26.9. The minimum Gasteiger partial charge on any atom is -0.348 e. The summed E-state index contributed by atoms with van der Waals surface area (Å²) >= 11 is 0. The number of aromatic nitrogens is 6. The lowest BCUT2D eigenvalue weighted by atomic mass is 9.78. The molecule has 3 aromatic heterocycles. The fraction of sp³-hybridized carbons (Fsp3) is 0.389. The van der Waals surface area contributed by atoms with E-state index in [1.165, 1.54) is 5.69 Å². The number of hydrogen-bond donors (Lipinski definition) is 1. The van der Waals surface area contributed by atoms with Crippen molar-refractivity contribution in [1.29, 1.82) is 0 Å². The number of pyridine rings is 1. The third-order valence-electron chi connectivity index (χ3n) is 5.46. The van der Waals surface area contributed by atoms with Crippen molar-refractivity contribution in [3.8, 4) is 5.69 Å². The van der Waals surface area contributed by atoms with E-state index in [2.05, 4.69) is 25.3 Å². The number of amides is 1. The number of likely N-dealkylation sites (tertiary alicyclic amines) is 1. The highest BCUT2D eigenvalue weighted by Crippen LogP contribution is 2.39. The second-order valence-electron chi connectivity index (χ2n) is 6.88. The molecule has 2 atom stereocenters. The zero-order valence-corrected chi connectivity index (χ0v) is 14.2. The van der Waals surface area contributed by atoms with Gasteiger partial charge in [-0.15, -0.1) is 5.10 Å². The van der Waals surface area contributed by atoms with E-state index < -0.39 is 0 Å². The van der Waals surface area contributed by atoms with Gasteiger partial charge in [0.15, 0.2) is 5.69 Å². The van der Waals surface area contributed by atoms with E-state index in [1.807, 2.05) is 17.0 Å². The molecule has 1 saturated heterocycles. The number of nitrogens with zero attached hydrogens (tertiary/aromatic N) is 6. The molecule has 1 aliphatic carbocycles. The fourth-order valence-electron chi connectivity index (χ4n) is 4.25. The minimum atomic E-state index is -0.0474. The highest BCUT2D eigenvalue weighted by atomic mass is 16.2. The molecule has 5 rings (SSSR count). The summed E-state index contributed by atoms with van der Waals surface area (Å²) < 4.78 is 1.59. The first-order valence-electron chi connectivity index (χ1n) is 8.97. The molecule has 0 spiro atoms. The van der Waals surface area contributed by atoms with Gasteiger partial charge < -0.3 is 9.88 Å². The van der Waals surface area contributed by atoms with Gasteiger partial charge in [-0.05, 0) is 37.8 Å². The van der Waals surface area contributed by atoms with Gasteiger partial charge in [-0.1, -0.05) is 5.21 Å². The number of piperidine rings is 1. The molecule has 1 amide bonds. The molecule has 2 aliphatic rings. The molecule has 132 valence electrons. The Bertz CT molecular complexity index is 932. The molecule has 0 bridgehead atoms. The smallest absolute Gasteiger partial charge is 0.276 e. The number of carbonyl (C=O) groups excluding carboxylic acids is 1. The van der Waals surface area contributed by atoms with Gasteiger partial charge in [0, 0.05) is 30.4 Å².